The first kappa shape index (κ1) is 19.1. The van der Waals surface area contributed by atoms with Crippen LogP contribution in [-0.2, 0) is 4.79 Å². The number of hydrogen-bond donors (Lipinski definition) is 2. The summed E-state index contributed by atoms with van der Waals surface area (Å²) in [6.07, 6.45) is -0.863. The van der Waals surface area contributed by atoms with Gasteiger partial charge in [0.05, 0.1) is 5.02 Å². The zero-order chi connectivity index (χ0) is 18.6. The molecule has 0 unspecified atom stereocenters. The molecule has 0 bridgehead atoms. The number of nitrogens with one attached hydrogen (secondary N) is 2. The Morgan fingerprint density at radius 3 is 2.40 bits per heavy atom. The molecule has 0 saturated carbocycles. The summed E-state index contributed by atoms with van der Waals surface area (Å²) in [6.45, 7) is 5.32. The number of benzene rings is 2. The number of ether oxygens (including phenoxy) is 1. The van der Waals surface area contributed by atoms with Gasteiger partial charge in [-0.2, -0.15) is 0 Å². The van der Waals surface area contributed by atoms with Crippen LogP contribution in [0.25, 0.3) is 0 Å². The highest BCUT2D eigenvalue weighted by Crippen LogP contribution is 2.28. The molecule has 0 aliphatic rings. The van der Waals surface area contributed by atoms with Gasteiger partial charge < -0.3 is 4.74 Å². The van der Waals surface area contributed by atoms with Crippen molar-refractivity contribution in [2.45, 2.75) is 26.9 Å². The molecule has 2 aromatic rings. The van der Waals surface area contributed by atoms with E-state index in [1.807, 2.05) is 26.0 Å². The summed E-state index contributed by atoms with van der Waals surface area (Å²) in [5.41, 5.74) is 7.08. The van der Waals surface area contributed by atoms with E-state index >= 15 is 0 Å². The minimum absolute atomic E-state index is 0.298. The first-order valence-electron chi connectivity index (χ1n) is 7.57. The molecule has 0 heterocycles. The monoisotopic (exact) mass is 380 g/mol. The first-order valence-corrected chi connectivity index (χ1v) is 8.32. The Hall–Kier alpha value is -2.24. The largest absolute Gasteiger partial charge is 0.479 e. The maximum atomic E-state index is 12.2. The smallest absolute Gasteiger partial charge is 0.279 e. The molecule has 132 valence electrons. The average molecular weight is 381 g/mol. The number of hydrazine groups is 1. The number of halogens is 2. The van der Waals surface area contributed by atoms with E-state index < -0.39 is 17.9 Å². The van der Waals surface area contributed by atoms with Gasteiger partial charge in [-0.15, -0.1) is 0 Å². The zero-order valence-electron chi connectivity index (χ0n) is 14.0. The van der Waals surface area contributed by atoms with Gasteiger partial charge in [-0.05, 0) is 50.6 Å². The molecular weight excluding hydrogens is 363 g/mol. The predicted octanol–water partition coefficient (Wildman–Crippen LogP) is 3.84. The molecule has 2 rings (SSSR count). The average Bonchev–Trinajstić information content (AvgIpc) is 2.54. The number of rotatable bonds is 4. The summed E-state index contributed by atoms with van der Waals surface area (Å²) >= 11 is 11.8. The topological polar surface area (TPSA) is 67.4 Å². The molecule has 0 aliphatic heterocycles. The fourth-order valence-electron chi connectivity index (χ4n) is 2.17. The normalized spacial score (nSPS) is 11.6. The van der Waals surface area contributed by atoms with E-state index in [0.29, 0.717) is 21.4 Å². The van der Waals surface area contributed by atoms with Crippen LogP contribution in [0.3, 0.4) is 0 Å². The number of carbonyl (C=O) groups excluding carboxylic acids is 2. The molecule has 0 spiro atoms. The van der Waals surface area contributed by atoms with Crippen LogP contribution >= 0.6 is 23.2 Å². The van der Waals surface area contributed by atoms with Crippen molar-refractivity contribution in [2.75, 3.05) is 0 Å². The summed E-state index contributed by atoms with van der Waals surface area (Å²) in [5, 5.41) is 0.765. The van der Waals surface area contributed by atoms with Gasteiger partial charge in [0.1, 0.15) is 5.75 Å². The Morgan fingerprint density at radius 1 is 1.04 bits per heavy atom. The molecule has 0 fully saturated rings. The molecule has 2 amide bonds. The number of hydrogen-bond acceptors (Lipinski definition) is 3. The molecule has 2 aromatic carbocycles. The maximum Gasteiger partial charge on any atom is 0.279 e. The fourth-order valence-corrected chi connectivity index (χ4v) is 2.62. The standard InChI is InChI=1S/C18H18Cl2N2O3/c1-10-4-6-14(11(2)8-10)18(24)22-21-17(23)12(3)25-16-7-5-13(19)9-15(16)20/h4-9,12H,1-3H3,(H,21,23)(H,22,24)/t12-/m0/s1. The second-order valence-electron chi connectivity index (χ2n) is 5.60. The highest BCUT2D eigenvalue weighted by Gasteiger charge is 2.17. The van der Waals surface area contributed by atoms with Crippen molar-refractivity contribution in [3.05, 3.63) is 63.1 Å². The quantitative estimate of drug-likeness (QED) is 0.791. The molecule has 25 heavy (non-hydrogen) atoms. The number of aryl methyl sites for hydroxylation is 2. The van der Waals surface area contributed by atoms with Crippen molar-refractivity contribution < 1.29 is 14.3 Å². The molecule has 1 atom stereocenters. The summed E-state index contributed by atoms with van der Waals surface area (Å²) in [5.74, 6) is -0.582. The van der Waals surface area contributed by atoms with Crippen molar-refractivity contribution in [3.63, 3.8) is 0 Å². The Kier molecular flexibility index (Phi) is 6.28. The third kappa shape index (κ3) is 5.11. The van der Waals surface area contributed by atoms with E-state index in [-0.39, 0.29) is 0 Å². The highest BCUT2D eigenvalue weighted by atomic mass is 35.5. The lowest BCUT2D eigenvalue weighted by atomic mass is 10.1. The molecular formula is C18H18Cl2N2O3. The predicted molar refractivity (Wildman–Crippen MR) is 98.1 cm³/mol. The van der Waals surface area contributed by atoms with Crippen LogP contribution in [-0.4, -0.2) is 17.9 Å². The van der Waals surface area contributed by atoms with Crippen LogP contribution in [0.1, 0.15) is 28.4 Å². The van der Waals surface area contributed by atoms with Gasteiger partial charge in [-0.25, -0.2) is 0 Å². The molecule has 0 radical (unpaired) electrons. The lowest BCUT2D eigenvalue weighted by Crippen LogP contribution is -2.47. The van der Waals surface area contributed by atoms with E-state index in [9.17, 15) is 9.59 Å². The van der Waals surface area contributed by atoms with Crippen LogP contribution in [0.2, 0.25) is 10.0 Å². The zero-order valence-corrected chi connectivity index (χ0v) is 15.5. The van der Waals surface area contributed by atoms with Crippen LogP contribution in [0.5, 0.6) is 5.75 Å². The SMILES string of the molecule is Cc1ccc(C(=O)NNC(=O)[C@H](C)Oc2ccc(Cl)cc2Cl)c(C)c1. The van der Waals surface area contributed by atoms with E-state index in [1.54, 1.807) is 25.1 Å². The van der Waals surface area contributed by atoms with Crippen molar-refractivity contribution in [2.24, 2.45) is 0 Å². The number of carbonyl (C=O) groups is 2. The number of amides is 2. The van der Waals surface area contributed by atoms with Gasteiger partial charge in [0.2, 0.25) is 0 Å². The molecule has 7 heteroatoms. The van der Waals surface area contributed by atoms with Crippen molar-refractivity contribution >= 4 is 35.0 Å². The lowest BCUT2D eigenvalue weighted by Gasteiger charge is -2.16. The fraction of sp³-hybridized carbons (Fsp3) is 0.222. The molecule has 0 aromatic heterocycles. The van der Waals surface area contributed by atoms with Crippen molar-refractivity contribution in [3.8, 4) is 5.75 Å². The minimum Gasteiger partial charge on any atom is -0.479 e. The third-order valence-corrected chi connectivity index (χ3v) is 4.02. The van der Waals surface area contributed by atoms with E-state index in [4.69, 9.17) is 27.9 Å². The Balaban J connectivity index is 1.93. The second-order valence-corrected chi connectivity index (χ2v) is 6.44. The molecule has 0 saturated heterocycles. The Labute approximate surface area is 156 Å². The summed E-state index contributed by atoms with van der Waals surface area (Å²) in [6, 6.07) is 10.1. The molecule has 0 aliphatic carbocycles. The van der Waals surface area contributed by atoms with Gasteiger partial charge in [0, 0.05) is 10.6 Å². The maximum absolute atomic E-state index is 12.2. The van der Waals surface area contributed by atoms with Gasteiger partial charge in [-0.1, -0.05) is 40.9 Å². The van der Waals surface area contributed by atoms with E-state index in [0.717, 1.165) is 11.1 Å². The highest BCUT2D eigenvalue weighted by molar-refractivity contribution is 6.35. The van der Waals surface area contributed by atoms with Crippen LogP contribution < -0.4 is 15.6 Å². The van der Waals surface area contributed by atoms with Gasteiger partial charge in [0.15, 0.2) is 6.10 Å². The van der Waals surface area contributed by atoms with Crippen molar-refractivity contribution in [1.29, 1.82) is 0 Å². The van der Waals surface area contributed by atoms with Crippen LogP contribution in [0.15, 0.2) is 36.4 Å². The molecule has 2 N–H and O–H groups in total. The molecule has 5 nitrogen and oxygen atoms in total. The summed E-state index contributed by atoms with van der Waals surface area (Å²) < 4.78 is 5.49. The summed E-state index contributed by atoms with van der Waals surface area (Å²) in [7, 11) is 0. The Morgan fingerprint density at radius 2 is 1.76 bits per heavy atom. The minimum atomic E-state index is -0.863. The van der Waals surface area contributed by atoms with Crippen LogP contribution in [0.4, 0.5) is 0 Å². The summed E-state index contributed by atoms with van der Waals surface area (Å²) in [4.78, 5) is 24.2. The van der Waals surface area contributed by atoms with Crippen LogP contribution in [0, 0.1) is 13.8 Å². The van der Waals surface area contributed by atoms with Gasteiger partial charge in [0.25, 0.3) is 11.8 Å². The van der Waals surface area contributed by atoms with E-state index in [1.165, 1.54) is 6.07 Å². The lowest BCUT2D eigenvalue weighted by molar-refractivity contribution is -0.128. The third-order valence-electron chi connectivity index (χ3n) is 3.49. The van der Waals surface area contributed by atoms with Gasteiger partial charge >= 0.3 is 0 Å². The van der Waals surface area contributed by atoms with Gasteiger partial charge in [-0.3, -0.25) is 20.4 Å². The Bertz CT molecular complexity index is 809. The first-order chi connectivity index (χ1) is 11.8. The van der Waals surface area contributed by atoms with Crippen molar-refractivity contribution in [1.82, 2.24) is 10.9 Å². The van der Waals surface area contributed by atoms with E-state index in [2.05, 4.69) is 10.9 Å². The second kappa shape index (κ2) is 8.23.